The number of amides is 2. The number of benzene rings is 2. The van der Waals surface area contributed by atoms with Crippen LogP contribution in [0.15, 0.2) is 53.4 Å². The molecule has 3 rings (SSSR count). The molecule has 0 atom stereocenters. The van der Waals surface area contributed by atoms with Gasteiger partial charge in [-0.2, -0.15) is 0 Å². The van der Waals surface area contributed by atoms with Gasteiger partial charge >= 0.3 is 5.97 Å². The normalized spacial score (nSPS) is 12.9. The number of rotatable bonds is 9. The lowest BCUT2D eigenvalue weighted by atomic mass is 10.2. The van der Waals surface area contributed by atoms with Crippen molar-refractivity contribution in [1.82, 2.24) is 5.32 Å². The lowest BCUT2D eigenvalue weighted by Crippen LogP contribution is -2.25. The SMILES string of the molecule is O=C(COC(=O)CCSc1ccc(Cl)cc1)Nc1cccc(C(=O)NC2CC2)c1. The predicted molar refractivity (Wildman–Crippen MR) is 113 cm³/mol. The molecule has 1 fully saturated rings. The highest BCUT2D eigenvalue weighted by Gasteiger charge is 2.23. The molecule has 0 heterocycles. The van der Waals surface area contributed by atoms with Crippen LogP contribution in [-0.2, 0) is 14.3 Å². The maximum Gasteiger partial charge on any atom is 0.307 e. The molecule has 2 N–H and O–H groups in total. The van der Waals surface area contributed by atoms with Gasteiger partial charge in [-0.05, 0) is 55.3 Å². The van der Waals surface area contributed by atoms with Crippen molar-refractivity contribution in [2.45, 2.75) is 30.2 Å². The van der Waals surface area contributed by atoms with E-state index in [4.69, 9.17) is 16.3 Å². The highest BCUT2D eigenvalue weighted by molar-refractivity contribution is 7.99. The molecule has 6 nitrogen and oxygen atoms in total. The monoisotopic (exact) mass is 432 g/mol. The van der Waals surface area contributed by atoms with Crippen LogP contribution in [-0.4, -0.2) is 36.2 Å². The number of carbonyl (C=O) groups is 3. The number of ether oxygens (including phenoxy) is 1. The van der Waals surface area contributed by atoms with E-state index < -0.39 is 11.9 Å². The molecule has 0 unspecified atom stereocenters. The van der Waals surface area contributed by atoms with Gasteiger partial charge in [-0.3, -0.25) is 14.4 Å². The number of thioether (sulfide) groups is 1. The van der Waals surface area contributed by atoms with E-state index in [2.05, 4.69) is 10.6 Å². The fourth-order valence-electron chi connectivity index (χ4n) is 2.43. The van der Waals surface area contributed by atoms with E-state index >= 15 is 0 Å². The van der Waals surface area contributed by atoms with Crippen molar-refractivity contribution in [2.75, 3.05) is 17.7 Å². The summed E-state index contributed by atoms with van der Waals surface area (Å²) in [5, 5.41) is 6.19. The zero-order valence-corrected chi connectivity index (χ0v) is 17.2. The van der Waals surface area contributed by atoms with Crippen LogP contribution in [0.1, 0.15) is 29.6 Å². The van der Waals surface area contributed by atoms with Gasteiger partial charge in [0, 0.05) is 33.0 Å². The molecule has 1 aliphatic rings. The Morgan fingerprint density at radius 2 is 1.86 bits per heavy atom. The zero-order chi connectivity index (χ0) is 20.6. The van der Waals surface area contributed by atoms with Crippen molar-refractivity contribution in [1.29, 1.82) is 0 Å². The van der Waals surface area contributed by atoms with Crippen LogP contribution >= 0.6 is 23.4 Å². The van der Waals surface area contributed by atoms with Gasteiger partial charge in [0.1, 0.15) is 0 Å². The quantitative estimate of drug-likeness (QED) is 0.463. The Bertz CT molecular complexity index is 885. The summed E-state index contributed by atoms with van der Waals surface area (Å²) in [6.45, 7) is -0.372. The second-order valence-corrected chi connectivity index (χ2v) is 8.19. The van der Waals surface area contributed by atoms with Gasteiger partial charge in [-0.15, -0.1) is 11.8 Å². The Morgan fingerprint density at radius 3 is 2.59 bits per heavy atom. The van der Waals surface area contributed by atoms with Crippen LogP contribution in [0, 0.1) is 0 Å². The molecule has 0 saturated heterocycles. The van der Waals surface area contributed by atoms with Gasteiger partial charge in [0.05, 0.1) is 6.42 Å². The Morgan fingerprint density at radius 1 is 1.10 bits per heavy atom. The fraction of sp³-hybridized carbons (Fsp3) is 0.286. The summed E-state index contributed by atoms with van der Waals surface area (Å²) in [5.74, 6) is -0.518. The predicted octanol–water partition coefficient (Wildman–Crippen LogP) is 3.90. The molecule has 152 valence electrons. The Kier molecular flexibility index (Phi) is 7.55. The molecule has 2 aromatic rings. The Labute approximate surface area is 178 Å². The summed E-state index contributed by atoms with van der Waals surface area (Å²) < 4.78 is 5.01. The van der Waals surface area contributed by atoms with Crippen molar-refractivity contribution in [3.8, 4) is 0 Å². The first kappa shape index (κ1) is 21.2. The number of carbonyl (C=O) groups excluding carboxylic acids is 3. The highest BCUT2D eigenvalue weighted by Crippen LogP contribution is 2.21. The smallest absolute Gasteiger partial charge is 0.307 e. The number of nitrogens with one attached hydrogen (secondary N) is 2. The lowest BCUT2D eigenvalue weighted by molar-refractivity contribution is -0.146. The van der Waals surface area contributed by atoms with Crippen LogP contribution in [0.2, 0.25) is 5.02 Å². The summed E-state index contributed by atoms with van der Waals surface area (Å²) in [4.78, 5) is 36.9. The van der Waals surface area contributed by atoms with E-state index in [-0.39, 0.29) is 25.0 Å². The first-order chi connectivity index (χ1) is 14.0. The van der Waals surface area contributed by atoms with E-state index in [1.54, 1.807) is 36.4 Å². The molecule has 8 heteroatoms. The van der Waals surface area contributed by atoms with Gasteiger partial charge in [-0.25, -0.2) is 0 Å². The van der Waals surface area contributed by atoms with Gasteiger partial charge in [-0.1, -0.05) is 17.7 Å². The Balaban J connectivity index is 1.37. The van der Waals surface area contributed by atoms with E-state index in [1.165, 1.54) is 11.8 Å². The van der Waals surface area contributed by atoms with Crippen molar-refractivity contribution in [3.63, 3.8) is 0 Å². The first-order valence-electron chi connectivity index (χ1n) is 9.24. The minimum absolute atomic E-state index is 0.159. The molecule has 0 spiro atoms. The molecule has 1 aliphatic carbocycles. The summed E-state index contributed by atoms with van der Waals surface area (Å²) >= 11 is 7.34. The van der Waals surface area contributed by atoms with Crippen molar-refractivity contribution in [3.05, 3.63) is 59.1 Å². The number of hydrogen-bond donors (Lipinski definition) is 2. The van der Waals surface area contributed by atoms with Gasteiger partial charge in [0.25, 0.3) is 11.8 Å². The average molecular weight is 433 g/mol. The molecule has 1 saturated carbocycles. The third-order valence-corrected chi connectivity index (χ3v) is 5.34. The Hall–Kier alpha value is -2.51. The third-order valence-electron chi connectivity index (χ3n) is 4.07. The number of esters is 1. The molecular weight excluding hydrogens is 412 g/mol. The average Bonchev–Trinajstić information content (AvgIpc) is 3.52. The summed E-state index contributed by atoms with van der Waals surface area (Å²) in [7, 11) is 0. The second kappa shape index (κ2) is 10.3. The molecule has 0 aliphatic heterocycles. The van der Waals surface area contributed by atoms with Crippen LogP contribution in [0.25, 0.3) is 0 Å². The molecule has 0 radical (unpaired) electrons. The fourth-order valence-corrected chi connectivity index (χ4v) is 3.39. The number of anilines is 1. The molecule has 0 aromatic heterocycles. The van der Waals surface area contributed by atoms with E-state index in [0.717, 1.165) is 17.7 Å². The minimum Gasteiger partial charge on any atom is -0.456 e. The van der Waals surface area contributed by atoms with E-state index in [0.29, 0.717) is 22.0 Å². The number of hydrogen-bond acceptors (Lipinski definition) is 5. The largest absolute Gasteiger partial charge is 0.456 e. The molecule has 2 aromatic carbocycles. The molecule has 29 heavy (non-hydrogen) atoms. The standard InChI is InChI=1S/C21H21ClN2O4S/c22-15-4-8-18(9-5-15)29-11-10-20(26)28-13-19(25)23-17-3-1-2-14(12-17)21(27)24-16-6-7-16/h1-5,8-9,12,16H,6-7,10-11,13H2,(H,23,25)(H,24,27). The van der Waals surface area contributed by atoms with Crippen LogP contribution < -0.4 is 10.6 Å². The second-order valence-electron chi connectivity index (χ2n) is 6.59. The van der Waals surface area contributed by atoms with Crippen molar-refractivity contribution < 1.29 is 19.1 Å². The molecule has 0 bridgehead atoms. The van der Waals surface area contributed by atoms with Crippen LogP contribution in [0.5, 0.6) is 0 Å². The first-order valence-corrected chi connectivity index (χ1v) is 10.6. The topological polar surface area (TPSA) is 84.5 Å². The minimum atomic E-state index is -0.455. The van der Waals surface area contributed by atoms with Crippen molar-refractivity contribution >= 4 is 46.8 Å². The zero-order valence-electron chi connectivity index (χ0n) is 15.7. The van der Waals surface area contributed by atoms with Gasteiger partial charge < -0.3 is 15.4 Å². The number of halogens is 1. The maximum atomic E-state index is 12.1. The molecule has 2 amide bonds. The third kappa shape index (κ3) is 7.44. The lowest BCUT2D eigenvalue weighted by Gasteiger charge is -2.09. The summed E-state index contributed by atoms with van der Waals surface area (Å²) in [6.07, 6.45) is 2.20. The summed E-state index contributed by atoms with van der Waals surface area (Å²) in [6, 6.07) is 14.3. The highest BCUT2D eigenvalue weighted by atomic mass is 35.5. The van der Waals surface area contributed by atoms with Gasteiger partial charge in [0.2, 0.25) is 0 Å². The maximum absolute atomic E-state index is 12.1. The van der Waals surface area contributed by atoms with E-state index in [9.17, 15) is 14.4 Å². The van der Waals surface area contributed by atoms with Crippen LogP contribution in [0.4, 0.5) is 5.69 Å². The van der Waals surface area contributed by atoms with Crippen molar-refractivity contribution in [2.24, 2.45) is 0 Å². The van der Waals surface area contributed by atoms with E-state index in [1.807, 2.05) is 12.1 Å². The van der Waals surface area contributed by atoms with Crippen LogP contribution in [0.3, 0.4) is 0 Å². The molecular formula is C21H21ClN2O4S. The summed E-state index contributed by atoms with van der Waals surface area (Å²) in [5.41, 5.74) is 0.957. The van der Waals surface area contributed by atoms with Gasteiger partial charge in [0.15, 0.2) is 6.61 Å².